The van der Waals surface area contributed by atoms with Crippen molar-refractivity contribution in [2.45, 2.75) is 6.54 Å². The van der Waals surface area contributed by atoms with Crippen LogP contribution < -0.4 is 5.32 Å². The molecule has 0 aliphatic rings. The van der Waals surface area contributed by atoms with E-state index in [1.54, 1.807) is 0 Å². The number of aromatic nitrogens is 1. The summed E-state index contributed by atoms with van der Waals surface area (Å²) in [5.41, 5.74) is 0.607. The van der Waals surface area contributed by atoms with Crippen molar-refractivity contribution in [2.75, 3.05) is 0 Å². The molecule has 1 rings (SSSR count). The van der Waals surface area contributed by atoms with Gasteiger partial charge in [0.15, 0.2) is 5.82 Å². The maximum Gasteiger partial charge on any atom is 0.207 e. The number of carbonyl (C=O) groups excluding carboxylic acids is 1. The molecule has 0 fully saturated rings. The molecule has 0 spiro atoms. The Bertz CT molecular complexity index is 293. The first kappa shape index (κ1) is 9.12. The SMILES string of the molecule is O=CNCc1cc(Br)c(F)cn1. The molecule has 0 aliphatic carbocycles. The molecule has 1 aromatic rings. The Kier molecular flexibility index (Phi) is 3.16. The van der Waals surface area contributed by atoms with Crippen LogP contribution in [-0.2, 0) is 11.3 Å². The molecule has 0 saturated heterocycles. The van der Waals surface area contributed by atoms with Gasteiger partial charge in [0.1, 0.15) is 0 Å². The van der Waals surface area contributed by atoms with Gasteiger partial charge in [-0.25, -0.2) is 4.39 Å². The van der Waals surface area contributed by atoms with Crippen LogP contribution in [0.25, 0.3) is 0 Å². The highest BCUT2D eigenvalue weighted by Gasteiger charge is 2.00. The summed E-state index contributed by atoms with van der Waals surface area (Å²) in [5.74, 6) is -0.412. The van der Waals surface area contributed by atoms with Gasteiger partial charge in [-0.2, -0.15) is 0 Å². The van der Waals surface area contributed by atoms with Crippen LogP contribution in [0.2, 0.25) is 0 Å². The zero-order chi connectivity index (χ0) is 8.97. The van der Waals surface area contributed by atoms with Crippen molar-refractivity contribution in [1.29, 1.82) is 0 Å². The lowest BCUT2D eigenvalue weighted by Crippen LogP contribution is -2.11. The zero-order valence-corrected chi connectivity index (χ0v) is 7.64. The highest BCUT2D eigenvalue weighted by Crippen LogP contribution is 2.14. The summed E-state index contributed by atoms with van der Waals surface area (Å²) in [4.78, 5) is 13.7. The van der Waals surface area contributed by atoms with Gasteiger partial charge >= 0.3 is 0 Å². The Morgan fingerprint density at radius 2 is 2.50 bits per heavy atom. The van der Waals surface area contributed by atoms with Crippen LogP contribution in [0.4, 0.5) is 4.39 Å². The largest absolute Gasteiger partial charge is 0.353 e. The van der Waals surface area contributed by atoms with Crippen molar-refractivity contribution in [3.8, 4) is 0 Å². The van der Waals surface area contributed by atoms with Crippen molar-refractivity contribution in [3.63, 3.8) is 0 Å². The molecule has 64 valence electrons. The minimum absolute atomic E-state index is 0.308. The zero-order valence-electron chi connectivity index (χ0n) is 6.05. The maximum atomic E-state index is 12.6. The van der Waals surface area contributed by atoms with Gasteiger partial charge in [-0.1, -0.05) is 0 Å². The molecular weight excluding hydrogens is 227 g/mol. The second-order valence-corrected chi connectivity index (χ2v) is 2.94. The van der Waals surface area contributed by atoms with Gasteiger partial charge in [-0.05, 0) is 22.0 Å². The molecule has 0 saturated carbocycles. The maximum absolute atomic E-state index is 12.6. The number of nitrogens with one attached hydrogen (secondary N) is 1. The Morgan fingerprint density at radius 3 is 3.08 bits per heavy atom. The molecule has 3 nitrogen and oxygen atoms in total. The third-order valence-electron chi connectivity index (χ3n) is 1.23. The van der Waals surface area contributed by atoms with E-state index in [1.807, 2.05) is 0 Å². The molecular formula is C7H6BrFN2O. The summed E-state index contributed by atoms with van der Waals surface area (Å²) in [6.07, 6.45) is 1.67. The molecule has 0 aliphatic heterocycles. The number of pyridine rings is 1. The number of nitrogens with zero attached hydrogens (tertiary/aromatic N) is 1. The first-order valence-electron chi connectivity index (χ1n) is 3.21. The Morgan fingerprint density at radius 1 is 1.75 bits per heavy atom. The Labute approximate surface area is 77.1 Å². The molecule has 0 bridgehead atoms. The number of hydrogen-bond acceptors (Lipinski definition) is 2. The molecule has 0 aromatic carbocycles. The quantitative estimate of drug-likeness (QED) is 0.797. The molecule has 1 aromatic heterocycles. The topological polar surface area (TPSA) is 42.0 Å². The van der Waals surface area contributed by atoms with E-state index in [9.17, 15) is 9.18 Å². The van der Waals surface area contributed by atoms with Crippen LogP contribution in [0, 0.1) is 5.82 Å². The lowest BCUT2D eigenvalue weighted by molar-refractivity contribution is -0.109. The van der Waals surface area contributed by atoms with Crippen LogP contribution >= 0.6 is 15.9 Å². The first-order valence-corrected chi connectivity index (χ1v) is 4.00. The monoisotopic (exact) mass is 232 g/mol. The molecule has 1 heterocycles. The van der Waals surface area contributed by atoms with Crippen LogP contribution in [0.5, 0.6) is 0 Å². The summed E-state index contributed by atoms with van der Waals surface area (Å²) in [6, 6.07) is 1.52. The number of rotatable bonds is 3. The highest BCUT2D eigenvalue weighted by molar-refractivity contribution is 9.10. The van der Waals surface area contributed by atoms with Gasteiger partial charge in [-0.15, -0.1) is 0 Å². The second kappa shape index (κ2) is 4.15. The smallest absolute Gasteiger partial charge is 0.207 e. The predicted octanol–water partition coefficient (Wildman–Crippen LogP) is 1.23. The van der Waals surface area contributed by atoms with Gasteiger partial charge in [0.05, 0.1) is 22.9 Å². The van der Waals surface area contributed by atoms with E-state index in [1.165, 1.54) is 6.07 Å². The molecule has 1 N–H and O–H groups in total. The third kappa shape index (κ3) is 2.27. The molecule has 0 unspecified atom stereocenters. The lowest BCUT2D eigenvalue weighted by atomic mass is 10.3. The van der Waals surface area contributed by atoms with E-state index in [2.05, 4.69) is 26.2 Å². The average molecular weight is 233 g/mol. The van der Waals surface area contributed by atoms with E-state index in [0.29, 0.717) is 23.1 Å². The number of carbonyl (C=O) groups is 1. The van der Waals surface area contributed by atoms with Crippen LogP contribution in [0.1, 0.15) is 5.69 Å². The van der Waals surface area contributed by atoms with Gasteiger partial charge in [0, 0.05) is 0 Å². The fourth-order valence-corrected chi connectivity index (χ4v) is 1.06. The summed E-state index contributed by atoms with van der Waals surface area (Å²) in [6.45, 7) is 0.308. The molecule has 0 atom stereocenters. The standard InChI is InChI=1S/C7H6BrFN2O/c8-6-1-5(2-10-4-12)11-3-7(6)9/h1,3-4H,2H2,(H,10,12). The summed E-state index contributed by atoms with van der Waals surface area (Å²) < 4.78 is 13.0. The van der Waals surface area contributed by atoms with Crippen molar-refractivity contribution in [2.24, 2.45) is 0 Å². The van der Waals surface area contributed by atoms with Crippen molar-refractivity contribution >= 4 is 22.3 Å². The summed E-state index contributed by atoms with van der Waals surface area (Å²) in [7, 11) is 0. The highest BCUT2D eigenvalue weighted by atomic mass is 79.9. The molecule has 5 heteroatoms. The normalized spacial score (nSPS) is 9.50. The first-order chi connectivity index (χ1) is 5.74. The van der Waals surface area contributed by atoms with Gasteiger partial charge in [0.2, 0.25) is 6.41 Å². The Hall–Kier alpha value is -0.970. The van der Waals surface area contributed by atoms with E-state index in [4.69, 9.17) is 0 Å². The van der Waals surface area contributed by atoms with Gasteiger partial charge in [0.25, 0.3) is 0 Å². The lowest BCUT2D eigenvalue weighted by Gasteiger charge is -1.99. The fourth-order valence-electron chi connectivity index (χ4n) is 0.697. The molecule has 1 amide bonds. The van der Waals surface area contributed by atoms with Crippen molar-refractivity contribution < 1.29 is 9.18 Å². The fraction of sp³-hybridized carbons (Fsp3) is 0.143. The Balaban J connectivity index is 2.75. The van der Waals surface area contributed by atoms with E-state index < -0.39 is 5.82 Å². The summed E-state index contributed by atoms with van der Waals surface area (Å²) >= 11 is 3.01. The third-order valence-corrected chi connectivity index (χ3v) is 1.84. The minimum atomic E-state index is -0.412. The van der Waals surface area contributed by atoms with Crippen LogP contribution in [-0.4, -0.2) is 11.4 Å². The van der Waals surface area contributed by atoms with Crippen LogP contribution in [0.3, 0.4) is 0 Å². The number of hydrogen-bond donors (Lipinski definition) is 1. The van der Waals surface area contributed by atoms with E-state index in [0.717, 1.165) is 6.20 Å². The average Bonchev–Trinajstić information content (AvgIpc) is 2.07. The molecule has 12 heavy (non-hydrogen) atoms. The van der Waals surface area contributed by atoms with Crippen molar-refractivity contribution in [3.05, 3.63) is 28.2 Å². The predicted molar refractivity (Wildman–Crippen MR) is 44.8 cm³/mol. The number of amides is 1. The second-order valence-electron chi connectivity index (χ2n) is 2.09. The van der Waals surface area contributed by atoms with Gasteiger partial charge < -0.3 is 5.32 Å². The summed E-state index contributed by atoms with van der Waals surface area (Å²) in [5, 5.41) is 2.42. The van der Waals surface area contributed by atoms with Crippen molar-refractivity contribution in [1.82, 2.24) is 10.3 Å². The van der Waals surface area contributed by atoms with E-state index >= 15 is 0 Å². The minimum Gasteiger partial charge on any atom is -0.353 e. The molecule has 0 radical (unpaired) electrons. The van der Waals surface area contributed by atoms with E-state index in [-0.39, 0.29) is 0 Å². The van der Waals surface area contributed by atoms with Crippen LogP contribution in [0.15, 0.2) is 16.7 Å². The number of halogens is 2. The van der Waals surface area contributed by atoms with Gasteiger partial charge in [-0.3, -0.25) is 9.78 Å².